The van der Waals surface area contributed by atoms with E-state index in [-0.39, 0.29) is 30.5 Å². The van der Waals surface area contributed by atoms with Crippen molar-refractivity contribution in [3.8, 4) is 11.3 Å². The van der Waals surface area contributed by atoms with Gasteiger partial charge in [0.15, 0.2) is 0 Å². The van der Waals surface area contributed by atoms with Gasteiger partial charge in [-0.2, -0.15) is 0 Å². The van der Waals surface area contributed by atoms with Crippen LogP contribution in [0.2, 0.25) is 0 Å². The molecule has 8 heteroatoms. The third-order valence-corrected chi connectivity index (χ3v) is 7.37. The number of thiazole rings is 1. The Morgan fingerprint density at radius 3 is 2.38 bits per heavy atom. The molecule has 172 valence electrons. The topological polar surface area (TPSA) is 60.9 Å². The van der Waals surface area contributed by atoms with Gasteiger partial charge in [0.2, 0.25) is 0 Å². The number of carbonyl (C=O) groups excluding carboxylic acids is 1. The van der Waals surface area contributed by atoms with Gasteiger partial charge in [-0.3, -0.25) is 4.90 Å². The molecule has 0 spiro atoms. The number of ether oxygens (including phenoxy) is 1. The van der Waals surface area contributed by atoms with Crippen molar-refractivity contribution in [2.75, 3.05) is 6.54 Å². The molecule has 1 atom stereocenters. The minimum Gasteiger partial charge on any atom is -0.444 e. The zero-order valence-corrected chi connectivity index (χ0v) is 20.9. The molecule has 0 unspecified atom stereocenters. The second-order valence-corrected chi connectivity index (χ2v) is 11.5. The highest BCUT2D eigenvalue weighted by molar-refractivity contribution is 7.10. The quantitative estimate of drug-likeness (QED) is 0.596. The highest BCUT2D eigenvalue weighted by Crippen LogP contribution is 2.38. The lowest BCUT2D eigenvalue weighted by Crippen LogP contribution is -2.41. The molecule has 2 aliphatic heterocycles. The fraction of sp³-hybridized carbons (Fsp3) is 0.583. The van der Waals surface area contributed by atoms with E-state index in [0.29, 0.717) is 6.54 Å². The normalized spacial score (nSPS) is 22.4. The Kier molecular flexibility index (Phi) is 5.93. The largest absolute Gasteiger partial charge is 0.494 e. The van der Waals surface area contributed by atoms with Crippen molar-refractivity contribution in [3.63, 3.8) is 0 Å². The minimum atomic E-state index is -0.503. The van der Waals surface area contributed by atoms with E-state index >= 15 is 0 Å². The number of aromatic nitrogens is 1. The predicted octanol–water partition coefficient (Wildman–Crippen LogP) is 5.18. The predicted molar refractivity (Wildman–Crippen MR) is 128 cm³/mol. The van der Waals surface area contributed by atoms with Crippen LogP contribution in [0.1, 0.15) is 72.4 Å². The summed E-state index contributed by atoms with van der Waals surface area (Å²) >= 11 is 1.60. The van der Waals surface area contributed by atoms with E-state index in [2.05, 4.69) is 45.2 Å². The van der Waals surface area contributed by atoms with Crippen LogP contribution in [0.5, 0.6) is 0 Å². The maximum Gasteiger partial charge on any atom is 0.494 e. The van der Waals surface area contributed by atoms with Crippen LogP contribution < -0.4 is 5.46 Å². The molecule has 2 saturated heterocycles. The second kappa shape index (κ2) is 8.15. The summed E-state index contributed by atoms with van der Waals surface area (Å²) in [6, 6.07) is 8.17. The summed E-state index contributed by atoms with van der Waals surface area (Å²) in [5.41, 5.74) is 1.73. The first kappa shape index (κ1) is 23.3. The lowest BCUT2D eigenvalue weighted by Gasteiger charge is -2.32. The third kappa shape index (κ3) is 4.59. The van der Waals surface area contributed by atoms with Crippen molar-refractivity contribution in [3.05, 3.63) is 34.7 Å². The maximum atomic E-state index is 12.6. The first-order chi connectivity index (χ1) is 14.9. The summed E-state index contributed by atoms with van der Waals surface area (Å²) < 4.78 is 17.9. The van der Waals surface area contributed by atoms with Crippen LogP contribution >= 0.6 is 11.3 Å². The van der Waals surface area contributed by atoms with Crippen LogP contribution in [0.4, 0.5) is 4.79 Å². The van der Waals surface area contributed by atoms with Crippen LogP contribution in [0, 0.1) is 0 Å². The molecule has 0 N–H and O–H groups in total. The molecule has 3 heterocycles. The molecule has 1 aromatic carbocycles. The summed E-state index contributed by atoms with van der Waals surface area (Å²) in [6.45, 7) is 14.6. The van der Waals surface area contributed by atoms with Crippen LogP contribution in [0.15, 0.2) is 29.6 Å². The number of benzene rings is 1. The first-order valence-electron chi connectivity index (χ1n) is 11.3. The lowest BCUT2D eigenvalue weighted by molar-refractivity contribution is 0.00578. The number of nitrogens with zero attached hydrogens (tertiary/aromatic N) is 2. The standard InChI is InChI=1S/C24H33BN2O4S/c1-22(2,3)29-21(28)27-14-8-9-19(27)20-26-18(15-32-20)16-10-12-17(13-11-16)25-30-23(4,5)24(6,7)31-25/h10-13,15,19H,8-9,14H2,1-7H3/t19-/m0/s1. The van der Waals surface area contributed by atoms with Gasteiger partial charge < -0.3 is 14.0 Å². The van der Waals surface area contributed by atoms with E-state index in [1.54, 1.807) is 11.3 Å². The van der Waals surface area contributed by atoms with Crippen molar-refractivity contribution in [2.45, 2.75) is 84.2 Å². The van der Waals surface area contributed by atoms with Crippen molar-refractivity contribution < 1.29 is 18.8 Å². The van der Waals surface area contributed by atoms with Crippen LogP contribution in [-0.4, -0.2) is 46.4 Å². The molecular formula is C24H33BN2O4S. The van der Waals surface area contributed by atoms with E-state index in [1.165, 1.54) is 0 Å². The summed E-state index contributed by atoms with van der Waals surface area (Å²) in [6.07, 6.45) is 1.61. The minimum absolute atomic E-state index is 0.0207. The summed E-state index contributed by atoms with van der Waals surface area (Å²) in [5, 5.41) is 3.02. The van der Waals surface area contributed by atoms with Crippen LogP contribution in [0.3, 0.4) is 0 Å². The Hall–Kier alpha value is -1.90. The van der Waals surface area contributed by atoms with Crippen molar-refractivity contribution >= 4 is 30.0 Å². The van der Waals surface area contributed by atoms with Crippen molar-refractivity contribution in [1.82, 2.24) is 9.88 Å². The van der Waals surface area contributed by atoms with Crippen LogP contribution in [-0.2, 0) is 14.0 Å². The van der Waals surface area contributed by atoms with Gasteiger partial charge in [0, 0.05) is 17.5 Å². The molecule has 2 aliphatic rings. The van der Waals surface area contributed by atoms with E-state index in [1.807, 2.05) is 37.8 Å². The van der Waals surface area contributed by atoms with Gasteiger partial charge in [0.25, 0.3) is 0 Å². The molecule has 1 amide bonds. The third-order valence-electron chi connectivity index (χ3n) is 6.42. The number of hydrogen-bond donors (Lipinski definition) is 0. The Bertz CT molecular complexity index is 965. The second-order valence-electron chi connectivity index (χ2n) is 10.6. The Labute approximate surface area is 195 Å². The highest BCUT2D eigenvalue weighted by Gasteiger charge is 2.51. The van der Waals surface area contributed by atoms with E-state index in [0.717, 1.165) is 34.6 Å². The molecule has 0 bridgehead atoms. The molecule has 1 aromatic heterocycles. The van der Waals surface area contributed by atoms with E-state index in [9.17, 15) is 4.79 Å². The van der Waals surface area contributed by atoms with Gasteiger partial charge >= 0.3 is 13.2 Å². The maximum absolute atomic E-state index is 12.6. The number of hydrogen-bond acceptors (Lipinski definition) is 6. The number of carbonyl (C=O) groups is 1. The molecule has 0 radical (unpaired) electrons. The zero-order valence-electron chi connectivity index (χ0n) is 20.1. The molecule has 0 saturated carbocycles. The van der Waals surface area contributed by atoms with Crippen molar-refractivity contribution in [1.29, 1.82) is 0 Å². The summed E-state index contributed by atoms with van der Waals surface area (Å²) in [5.74, 6) is 0. The zero-order chi connectivity index (χ0) is 23.3. The first-order valence-corrected chi connectivity index (χ1v) is 12.2. The van der Waals surface area contributed by atoms with Gasteiger partial charge in [0.1, 0.15) is 10.6 Å². The molecule has 32 heavy (non-hydrogen) atoms. The summed E-state index contributed by atoms with van der Waals surface area (Å²) in [7, 11) is -0.374. The van der Waals surface area contributed by atoms with Gasteiger partial charge in [0.05, 0.1) is 22.9 Å². The Balaban J connectivity index is 1.48. The molecule has 4 rings (SSSR count). The fourth-order valence-electron chi connectivity index (χ4n) is 3.93. The molecular weight excluding hydrogens is 423 g/mol. The highest BCUT2D eigenvalue weighted by atomic mass is 32.1. The molecule has 6 nitrogen and oxygen atoms in total. The summed E-state index contributed by atoms with van der Waals surface area (Å²) in [4.78, 5) is 19.3. The van der Waals surface area contributed by atoms with Gasteiger partial charge in [-0.05, 0) is 66.8 Å². The molecule has 2 fully saturated rings. The Morgan fingerprint density at radius 2 is 1.78 bits per heavy atom. The SMILES string of the molecule is CC(C)(C)OC(=O)N1CCC[C@H]1c1nc(-c2ccc(B3OC(C)(C)C(C)(C)O3)cc2)cs1. The van der Waals surface area contributed by atoms with Gasteiger partial charge in [-0.15, -0.1) is 11.3 Å². The lowest BCUT2D eigenvalue weighted by atomic mass is 9.79. The smallest absolute Gasteiger partial charge is 0.444 e. The van der Waals surface area contributed by atoms with Gasteiger partial charge in [-0.1, -0.05) is 24.3 Å². The number of rotatable bonds is 3. The van der Waals surface area contributed by atoms with Crippen LogP contribution in [0.25, 0.3) is 11.3 Å². The monoisotopic (exact) mass is 456 g/mol. The average molecular weight is 456 g/mol. The Morgan fingerprint density at radius 1 is 1.16 bits per heavy atom. The molecule has 2 aromatic rings. The van der Waals surface area contributed by atoms with Crippen molar-refractivity contribution in [2.24, 2.45) is 0 Å². The number of amides is 1. The average Bonchev–Trinajstić information content (AvgIpc) is 3.38. The van der Waals surface area contributed by atoms with E-state index in [4.69, 9.17) is 19.0 Å². The molecule has 0 aliphatic carbocycles. The van der Waals surface area contributed by atoms with Gasteiger partial charge in [-0.25, -0.2) is 9.78 Å². The van der Waals surface area contributed by atoms with E-state index < -0.39 is 5.60 Å². The number of likely N-dealkylation sites (tertiary alicyclic amines) is 1. The fourth-order valence-corrected chi connectivity index (χ4v) is 4.90.